The lowest BCUT2D eigenvalue weighted by atomic mass is 9.89. The smallest absolute Gasteiger partial charge is 0.132 e. The molecular formula is C26H39N3O. The van der Waals surface area contributed by atoms with Crippen molar-refractivity contribution in [2.75, 3.05) is 25.1 Å². The van der Waals surface area contributed by atoms with Crippen LogP contribution in [0.25, 0.3) is 0 Å². The third-order valence-electron chi connectivity index (χ3n) is 6.18. The SMILES string of the molecule is CCCN(CC1CC1)c1cc(C(OC)c2c(CC)cc(CC)cc2CC)nc(C)n1. The van der Waals surface area contributed by atoms with Gasteiger partial charge < -0.3 is 9.64 Å². The van der Waals surface area contributed by atoms with Crippen LogP contribution in [0, 0.1) is 12.8 Å². The van der Waals surface area contributed by atoms with Crippen LogP contribution in [0.2, 0.25) is 0 Å². The van der Waals surface area contributed by atoms with Crippen LogP contribution in [0.15, 0.2) is 18.2 Å². The van der Waals surface area contributed by atoms with Crippen LogP contribution in [-0.4, -0.2) is 30.2 Å². The first-order valence-electron chi connectivity index (χ1n) is 11.8. The van der Waals surface area contributed by atoms with Crippen molar-refractivity contribution in [3.8, 4) is 0 Å². The number of hydrogen-bond donors (Lipinski definition) is 0. The summed E-state index contributed by atoms with van der Waals surface area (Å²) in [6.07, 6.45) is 6.71. The first-order chi connectivity index (χ1) is 14.5. The van der Waals surface area contributed by atoms with Gasteiger partial charge in [0.1, 0.15) is 17.7 Å². The summed E-state index contributed by atoms with van der Waals surface area (Å²) in [5, 5.41) is 0. The van der Waals surface area contributed by atoms with Crippen LogP contribution >= 0.6 is 0 Å². The zero-order valence-electron chi connectivity index (χ0n) is 19.8. The summed E-state index contributed by atoms with van der Waals surface area (Å²) in [6.45, 7) is 13.1. The van der Waals surface area contributed by atoms with E-state index >= 15 is 0 Å². The molecule has 1 heterocycles. The molecule has 0 radical (unpaired) electrons. The van der Waals surface area contributed by atoms with Crippen molar-refractivity contribution in [1.82, 2.24) is 9.97 Å². The lowest BCUT2D eigenvalue weighted by Crippen LogP contribution is -2.28. The highest BCUT2D eigenvalue weighted by atomic mass is 16.5. The molecule has 1 atom stereocenters. The van der Waals surface area contributed by atoms with Gasteiger partial charge in [0.25, 0.3) is 0 Å². The Morgan fingerprint density at radius 1 is 1.00 bits per heavy atom. The Kier molecular flexibility index (Phi) is 7.87. The molecule has 2 aromatic rings. The van der Waals surface area contributed by atoms with E-state index in [0.29, 0.717) is 0 Å². The second-order valence-electron chi connectivity index (χ2n) is 8.59. The standard InChI is InChI=1S/C26H39N3O/c1-7-13-29(17-20-11-12-20)24-16-23(27-18(5)28-24)26(30-6)25-21(9-3)14-19(8-2)15-22(25)10-4/h14-16,20,26H,7-13,17H2,1-6H3. The maximum atomic E-state index is 6.12. The molecule has 3 rings (SSSR count). The summed E-state index contributed by atoms with van der Waals surface area (Å²) >= 11 is 0. The summed E-state index contributed by atoms with van der Waals surface area (Å²) < 4.78 is 6.12. The monoisotopic (exact) mass is 409 g/mol. The molecule has 1 aliphatic rings. The lowest BCUT2D eigenvalue weighted by Gasteiger charge is -2.26. The van der Waals surface area contributed by atoms with E-state index in [1.807, 2.05) is 14.0 Å². The molecule has 4 nitrogen and oxygen atoms in total. The van der Waals surface area contributed by atoms with E-state index in [9.17, 15) is 0 Å². The van der Waals surface area contributed by atoms with Gasteiger partial charge in [-0.1, -0.05) is 39.8 Å². The molecule has 0 aliphatic heterocycles. The minimum absolute atomic E-state index is 0.161. The fraction of sp³-hybridized carbons (Fsp3) is 0.615. The van der Waals surface area contributed by atoms with Gasteiger partial charge in [0.2, 0.25) is 0 Å². The van der Waals surface area contributed by atoms with E-state index in [2.05, 4.69) is 50.8 Å². The molecule has 0 amide bonds. The van der Waals surface area contributed by atoms with Gasteiger partial charge >= 0.3 is 0 Å². The van der Waals surface area contributed by atoms with Gasteiger partial charge in [0.15, 0.2) is 0 Å². The molecule has 0 spiro atoms. The van der Waals surface area contributed by atoms with Crippen LogP contribution in [0.1, 0.15) is 86.8 Å². The van der Waals surface area contributed by atoms with Crippen LogP contribution in [-0.2, 0) is 24.0 Å². The van der Waals surface area contributed by atoms with Crippen molar-refractivity contribution in [2.45, 2.75) is 79.2 Å². The Balaban J connectivity index is 2.06. The Hall–Kier alpha value is -1.94. The van der Waals surface area contributed by atoms with Crippen molar-refractivity contribution in [3.05, 3.63) is 52.0 Å². The predicted molar refractivity (Wildman–Crippen MR) is 125 cm³/mol. The molecule has 1 aliphatic carbocycles. The van der Waals surface area contributed by atoms with Gasteiger partial charge in [-0.15, -0.1) is 0 Å². The predicted octanol–water partition coefficient (Wildman–Crippen LogP) is 5.83. The van der Waals surface area contributed by atoms with Crippen LogP contribution in [0.5, 0.6) is 0 Å². The molecule has 0 saturated heterocycles. The molecule has 1 unspecified atom stereocenters. The topological polar surface area (TPSA) is 38.2 Å². The molecule has 1 fully saturated rings. The maximum Gasteiger partial charge on any atom is 0.132 e. The Morgan fingerprint density at radius 3 is 2.17 bits per heavy atom. The zero-order valence-corrected chi connectivity index (χ0v) is 19.8. The fourth-order valence-electron chi connectivity index (χ4n) is 4.42. The molecule has 164 valence electrons. The average Bonchev–Trinajstić information content (AvgIpc) is 3.57. The molecule has 0 bridgehead atoms. The molecular weight excluding hydrogens is 370 g/mol. The van der Waals surface area contributed by atoms with Gasteiger partial charge in [-0.05, 0) is 73.6 Å². The highest BCUT2D eigenvalue weighted by molar-refractivity contribution is 5.47. The third-order valence-corrected chi connectivity index (χ3v) is 6.18. The molecule has 1 saturated carbocycles. The van der Waals surface area contributed by atoms with Crippen molar-refractivity contribution in [1.29, 1.82) is 0 Å². The summed E-state index contributed by atoms with van der Waals surface area (Å²) in [5.74, 6) is 2.70. The van der Waals surface area contributed by atoms with Crippen LogP contribution in [0.3, 0.4) is 0 Å². The van der Waals surface area contributed by atoms with Gasteiger partial charge in [-0.3, -0.25) is 0 Å². The Morgan fingerprint density at radius 2 is 1.67 bits per heavy atom. The van der Waals surface area contributed by atoms with Gasteiger partial charge in [0, 0.05) is 26.3 Å². The molecule has 30 heavy (non-hydrogen) atoms. The largest absolute Gasteiger partial charge is 0.370 e. The summed E-state index contributed by atoms with van der Waals surface area (Å²) in [4.78, 5) is 12.1. The third kappa shape index (κ3) is 5.21. The number of benzene rings is 1. The first-order valence-corrected chi connectivity index (χ1v) is 11.8. The number of ether oxygens (including phenoxy) is 1. The van der Waals surface area contributed by atoms with Crippen molar-refractivity contribution in [3.63, 3.8) is 0 Å². The number of aromatic nitrogens is 2. The van der Waals surface area contributed by atoms with Crippen molar-refractivity contribution in [2.24, 2.45) is 5.92 Å². The highest BCUT2D eigenvalue weighted by Gasteiger charge is 2.27. The number of aryl methyl sites for hydroxylation is 4. The number of rotatable bonds is 11. The fourth-order valence-corrected chi connectivity index (χ4v) is 4.42. The van der Waals surface area contributed by atoms with E-state index in [1.165, 1.54) is 35.1 Å². The Bertz CT molecular complexity index is 819. The van der Waals surface area contributed by atoms with E-state index < -0.39 is 0 Å². The molecule has 1 aromatic heterocycles. The summed E-state index contributed by atoms with van der Waals surface area (Å²) in [6, 6.07) is 6.88. The Labute approximate surface area is 183 Å². The normalized spacial score (nSPS) is 14.7. The minimum atomic E-state index is -0.161. The van der Waals surface area contributed by atoms with Gasteiger partial charge in [-0.2, -0.15) is 0 Å². The maximum absolute atomic E-state index is 6.12. The average molecular weight is 410 g/mol. The molecule has 0 N–H and O–H groups in total. The zero-order chi connectivity index (χ0) is 21.7. The van der Waals surface area contributed by atoms with Gasteiger partial charge in [0.05, 0.1) is 5.69 Å². The minimum Gasteiger partial charge on any atom is -0.370 e. The second-order valence-corrected chi connectivity index (χ2v) is 8.59. The van der Waals surface area contributed by atoms with Crippen molar-refractivity contribution >= 4 is 5.82 Å². The number of anilines is 1. The second kappa shape index (κ2) is 10.4. The quantitative estimate of drug-likeness (QED) is 0.468. The van der Waals surface area contributed by atoms with E-state index in [4.69, 9.17) is 14.7 Å². The van der Waals surface area contributed by atoms with E-state index in [0.717, 1.165) is 62.0 Å². The van der Waals surface area contributed by atoms with E-state index in [1.54, 1.807) is 0 Å². The summed E-state index contributed by atoms with van der Waals surface area (Å²) in [7, 11) is 1.81. The molecule has 1 aromatic carbocycles. The van der Waals surface area contributed by atoms with Crippen LogP contribution < -0.4 is 4.90 Å². The lowest BCUT2D eigenvalue weighted by molar-refractivity contribution is 0.131. The number of methoxy groups -OCH3 is 1. The van der Waals surface area contributed by atoms with E-state index in [-0.39, 0.29) is 6.10 Å². The number of hydrogen-bond acceptors (Lipinski definition) is 4. The van der Waals surface area contributed by atoms with Gasteiger partial charge in [-0.25, -0.2) is 9.97 Å². The highest BCUT2D eigenvalue weighted by Crippen LogP contribution is 2.35. The molecule has 4 heteroatoms. The summed E-state index contributed by atoms with van der Waals surface area (Å²) in [5.41, 5.74) is 6.43. The van der Waals surface area contributed by atoms with Crippen molar-refractivity contribution < 1.29 is 4.74 Å². The number of nitrogens with zero attached hydrogens (tertiary/aromatic N) is 3. The first kappa shape index (κ1) is 22.7. The van der Waals surface area contributed by atoms with Crippen LogP contribution in [0.4, 0.5) is 5.82 Å².